The molecule has 0 unspecified atom stereocenters. The van der Waals surface area contributed by atoms with Gasteiger partial charge >= 0.3 is 0 Å². The zero-order valence-electron chi connectivity index (χ0n) is 25.4. The fourth-order valence-corrected chi connectivity index (χ4v) is 5.84. The summed E-state index contributed by atoms with van der Waals surface area (Å²) in [6.45, 7) is 8.85. The Labute approximate surface area is 249 Å². The van der Waals surface area contributed by atoms with E-state index >= 15 is 0 Å². The Hall–Kier alpha value is -4.05. The molecule has 2 amide bonds. The Balaban J connectivity index is 2.08. The largest absolute Gasteiger partial charge is 0.497 e. The van der Waals surface area contributed by atoms with Crippen molar-refractivity contribution >= 4 is 27.5 Å². The molecule has 0 heterocycles. The van der Waals surface area contributed by atoms with Gasteiger partial charge in [-0.15, -0.1) is 0 Å². The summed E-state index contributed by atoms with van der Waals surface area (Å²) in [4.78, 5) is 29.1. The third-order valence-corrected chi connectivity index (χ3v) is 8.41. The van der Waals surface area contributed by atoms with Crippen molar-refractivity contribution in [2.24, 2.45) is 0 Å². The summed E-state index contributed by atoms with van der Waals surface area (Å²) in [5.74, 6) is 0.249. The monoisotopic (exact) mass is 595 g/mol. The van der Waals surface area contributed by atoms with Gasteiger partial charge in [0.05, 0.1) is 24.8 Å². The molecule has 0 fully saturated rings. The zero-order chi connectivity index (χ0) is 31.1. The predicted molar refractivity (Wildman–Crippen MR) is 164 cm³/mol. The number of amides is 2. The van der Waals surface area contributed by atoms with Crippen LogP contribution >= 0.6 is 0 Å². The summed E-state index contributed by atoms with van der Waals surface area (Å²) >= 11 is 0. The van der Waals surface area contributed by atoms with Crippen molar-refractivity contribution in [3.63, 3.8) is 0 Å². The molecule has 3 aromatic rings. The lowest BCUT2D eigenvalue weighted by Crippen LogP contribution is -2.55. The number of hydrogen-bond acceptors (Lipinski definition) is 6. The Morgan fingerprint density at radius 3 is 2.07 bits per heavy atom. The quantitative estimate of drug-likeness (QED) is 0.318. The van der Waals surface area contributed by atoms with E-state index in [1.807, 2.05) is 46.8 Å². The molecule has 9 nitrogen and oxygen atoms in total. The van der Waals surface area contributed by atoms with Gasteiger partial charge in [-0.1, -0.05) is 42.8 Å². The van der Waals surface area contributed by atoms with E-state index in [2.05, 4.69) is 5.32 Å². The second kappa shape index (κ2) is 13.7. The van der Waals surface area contributed by atoms with Gasteiger partial charge in [-0.05, 0) is 76.1 Å². The van der Waals surface area contributed by atoms with Crippen LogP contribution in [0.2, 0.25) is 0 Å². The molecule has 0 aliphatic carbocycles. The molecule has 0 radical (unpaired) electrons. The fourth-order valence-electron chi connectivity index (χ4n) is 4.43. The van der Waals surface area contributed by atoms with Gasteiger partial charge in [-0.25, -0.2) is 8.42 Å². The first kappa shape index (κ1) is 32.5. The summed E-state index contributed by atoms with van der Waals surface area (Å²) < 4.78 is 39.7. The van der Waals surface area contributed by atoms with Crippen molar-refractivity contribution in [3.8, 4) is 11.5 Å². The van der Waals surface area contributed by atoms with E-state index in [-0.39, 0.29) is 23.0 Å². The zero-order valence-corrected chi connectivity index (χ0v) is 26.2. The van der Waals surface area contributed by atoms with Crippen LogP contribution in [-0.2, 0) is 26.2 Å². The highest BCUT2D eigenvalue weighted by Crippen LogP contribution is 2.28. The fraction of sp³-hybridized carbons (Fsp3) is 0.375. The van der Waals surface area contributed by atoms with Gasteiger partial charge in [-0.2, -0.15) is 0 Å². The molecule has 0 bridgehead atoms. The number of benzene rings is 3. The number of nitrogens with zero attached hydrogens (tertiary/aromatic N) is 2. The summed E-state index contributed by atoms with van der Waals surface area (Å²) in [6, 6.07) is 19.3. The molecule has 1 N–H and O–H groups in total. The molecule has 0 saturated carbocycles. The van der Waals surface area contributed by atoms with Crippen LogP contribution < -0.4 is 19.1 Å². The van der Waals surface area contributed by atoms with Gasteiger partial charge in [0.15, 0.2) is 0 Å². The molecule has 0 saturated heterocycles. The van der Waals surface area contributed by atoms with Gasteiger partial charge in [-0.3, -0.25) is 13.9 Å². The van der Waals surface area contributed by atoms with Crippen LogP contribution in [0.3, 0.4) is 0 Å². The molecule has 226 valence electrons. The smallest absolute Gasteiger partial charge is 0.264 e. The van der Waals surface area contributed by atoms with Crippen molar-refractivity contribution in [3.05, 3.63) is 83.9 Å². The first-order valence-corrected chi connectivity index (χ1v) is 15.2. The molecule has 10 heteroatoms. The average Bonchev–Trinajstić information content (AvgIpc) is 2.95. The van der Waals surface area contributed by atoms with Crippen molar-refractivity contribution < 1.29 is 27.5 Å². The van der Waals surface area contributed by atoms with Crippen molar-refractivity contribution in [1.82, 2.24) is 10.2 Å². The molecule has 42 heavy (non-hydrogen) atoms. The number of carbonyl (C=O) groups is 2. The van der Waals surface area contributed by atoms with Crippen LogP contribution in [0.15, 0.2) is 77.7 Å². The second-order valence-corrected chi connectivity index (χ2v) is 12.9. The number of ether oxygens (including phenoxy) is 2. The SMILES string of the molecule is CC[C@@H](C(=O)NC(C)(C)C)N(Cc1ccc(OC)cc1)C(=O)CN(c1cccc(OC)c1)S(=O)(=O)c1ccc(C)cc1. The van der Waals surface area contributed by atoms with Crippen molar-refractivity contribution in [1.29, 1.82) is 0 Å². The number of carbonyl (C=O) groups excluding carboxylic acids is 2. The normalized spacial score (nSPS) is 12.3. The highest BCUT2D eigenvalue weighted by molar-refractivity contribution is 7.92. The lowest BCUT2D eigenvalue weighted by atomic mass is 10.1. The maximum atomic E-state index is 14.2. The molecule has 3 rings (SSSR count). The van der Waals surface area contributed by atoms with Gasteiger partial charge in [0.1, 0.15) is 24.1 Å². The maximum absolute atomic E-state index is 14.2. The molecule has 0 aromatic heterocycles. The van der Waals surface area contributed by atoms with Crippen molar-refractivity contribution in [2.45, 2.75) is 64.1 Å². The first-order chi connectivity index (χ1) is 19.8. The van der Waals surface area contributed by atoms with Crippen LogP contribution in [0.1, 0.15) is 45.2 Å². The number of anilines is 1. The Bertz CT molecular complexity index is 1470. The first-order valence-electron chi connectivity index (χ1n) is 13.8. The number of sulfonamides is 1. The Morgan fingerprint density at radius 1 is 0.905 bits per heavy atom. The second-order valence-electron chi connectivity index (χ2n) is 11.1. The van der Waals surface area contributed by atoms with Gasteiger partial charge in [0.2, 0.25) is 11.8 Å². The molecule has 1 atom stereocenters. The minimum atomic E-state index is -4.17. The number of hydrogen-bond donors (Lipinski definition) is 1. The Morgan fingerprint density at radius 2 is 1.52 bits per heavy atom. The van der Waals surface area contributed by atoms with E-state index < -0.39 is 34.1 Å². The Kier molecular flexibility index (Phi) is 10.6. The van der Waals surface area contributed by atoms with E-state index in [1.165, 1.54) is 24.1 Å². The molecule has 3 aromatic carbocycles. The minimum absolute atomic E-state index is 0.0444. The van der Waals surface area contributed by atoms with E-state index in [0.29, 0.717) is 17.9 Å². The van der Waals surface area contributed by atoms with Crippen molar-refractivity contribution in [2.75, 3.05) is 25.1 Å². The van der Waals surface area contributed by atoms with E-state index in [9.17, 15) is 18.0 Å². The number of aryl methyl sites for hydroxylation is 1. The van der Waals surface area contributed by atoms with E-state index in [1.54, 1.807) is 55.6 Å². The summed E-state index contributed by atoms with van der Waals surface area (Å²) in [5.41, 5.74) is 1.40. The highest BCUT2D eigenvalue weighted by atomic mass is 32.2. The van der Waals surface area contributed by atoms with Crippen LogP contribution in [0.5, 0.6) is 11.5 Å². The van der Waals surface area contributed by atoms with Crippen LogP contribution in [0, 0.1) is 6.92 Å². The number of methoxy groups -OCH3 is 2. The van der Waals surface area contributed by atoms with Crippen LogP contribution in [0.25, 0.3) is 0 Å². The molecule has 0 aliphatic rings. The summed E-state index contributed by atoms with van der Waals surface area (Å²) in [7, 11) is -1.12. The van der Waals surface area contributed by atoms with E-state index in [4.69, 9.17) is 9.47 Å². The maximum Gasteiger partial charge on any atom is 0.264 e. The third kappa shape index (κ3) is 8.25. The van der Waals surface area contributed by atoms with Gasteiger partial charge < -0.3 is 19.7 Å². The lowest BCUT2D eigenvalue weighted by Gasteiger charge is -2.34. The van der Waals surface area contributed by atoms with Crippen LogP contribution in [0.4, 0.5) is 5.69 Å². The molecule has 0 aliphatic heterocycles. The standard InChI is InChI=1S/C32H41N3O6S/c1-8-29(31(37)33-32(3,4)5)34(21-24-14-16-26(40-6)17-15-24)30(36)22-35(25-10-9-11-27(20-25)41-7)42(38,39)28-18-12-23(2)13-19-28/h9-20,29H,8,21-22H2,1-7H3,(H,33,37)/t29-/m0/s1. The average molecular weight is 596 g/mol. The molecular weight excluding hydrogens is 554 g/mol. The highest BCUT2D eigenvalue weighted by Gasteiger charge is 2.34. The third-order valence-electron chi connectivity index (χ3n) is 6.63. The van der Waals surface area contributed by atoms with Gasteiger partial charge in [0, 0.05) is 18.2 Å². The van der Waals surface area contributed by atoms with E-state index in [0.717, 1.165) is 15.4 Å². The molecular formula is C32H41N3O6S. The number of rotatable bonds is 12. The number of nitrogens with one attached hydrogen (secondary N) is 1. The summed E-state index contributed by atoms with van der Waals surface area (Å²) in [5, 5.41) is 2.97. The topological polar surface area (TPSA) is 105 Å². The van der Waals surface area contributed by atoms with Crippen LogP contribution in [-0.4, -0.2) is 57.5 Å². The predicted octanol–water partition coefficient (Wildman–Crippen LogP) is 4.93. The molecule has 0 spiro atoms. The minimum Gasteiger partial charge on any atom is -0.497 e. The summed E-state index contributed by atoms with van der Waals surface area (Å²) in [6.07, 6.45) is 0.327. The van der Waals surface area contributed by atoms with Gasteiger partial charge in [0.25, 0.3) is 10.0 Å². The lowest BCUT2D eigenvalue weighted by molar-refractivity contribution is -0.141.